The molecule has 0 bridgehead atoms. The molecule has 124 valence electrons. The number of benzene rings is 1. The summed E-state index contributed by atoms with van der Waals surface area (Å²) < 4.78 is 4.94. The number of hydrogen-bond donors (Lipinski definition) is 1. The number of carbonyl (C=O) groups is 3. The Balaban J connectivity index is 1.74. The van der Waals surface area contributed by atoms with Crippen LogP contribution < -0.4 is 5.32 Å². The zero-order valence-corrected chi connectivity index (χ0v) is 13.8. The number of aromatic nitrogens is 2. The Morgan fingerprint density at radius 3 is 2.46 bits per heavy atom. The van der Waals surface area contributed by atoms with E-state index in [0.717, 1.165) is 4.90 Å². The Morgan fingerprint density at radius 1 is 1.25 bits per heavy atom. The van der Waals surface area contributed by atoms with E-state index in [1.165, 1.54) is 25.4 Å². The molecule has 0 saturated carbocycles. The van der Waals surface area contributed by atoms with Crippen LogP contribution in [0.3, 0.4) is 0 Å². The van der Waals surface area contributed by atoms with Crippen LogP contribution >= 0.6 is 11.3 Å². The van der Waals surface area contributed by atoms with Gasteiger partial charge < -0.3 is 4.74 Å². The van der Waals surface area contributed by atoms with Gasteiger partial charge in [-0.05, 0) is 19.1 Å². The Hall–Kier alpha value is -2.65. The van der Waals surface area contributed by atoms with Crippen LogP contribution in [0.1, 0.15) is 32.6 Å². The SMILES string of the molecule is COCc1nnc(NC(=O)C(C)N2C(=O)c3ccccc3C2=O)s1. The highest BCUT2D eigenvalue weighted by molar-refractivity contribution is 7.15. The van der Waals surface area contributed by atoms with Crippen molar-refractivity contribution in [2.75, 3.05) is 12.4 Å². The molecule has 2 aromatic rings. The van der Waals surface area contributed by atoms with Crippen LogP contribution in [0.4, 0.5) is 5.13 Å². The van der Waals surface area contributed by atoms with Crippen molar-refractivity contribution in [1.82, 2.24) is 15.1 Å². The number of imide groups is 1. The third kappa shape index (κ3) is 2.79. The van der Waals surface area contributed by atoms with Crippen LogP contribution in [0.5, 0.6) is 0 Å². The number of fused-ring (bicyclic) bond motifs is 1. The van der Waals surface area contributed by atoms with Gasteiger partial charge in [-0.2, -0.15) is 0 Å². The summed E-state index contributed by atoms with van der Waals surface area (Å²) in [5, 5.41) is 11.2. The Labute approximate surface area is 141 Å². The maximum Gasteiger partial charge on any atom is 0.262 e. The number of nitrogens with one attached hydrogen (secondary N) is 1. The zero-order valence-electron chi connectivity index (χ0n) is 13.0. The minimum absolute atomic E-state index is 0.288. The lowest BCUT2D eigenvalue weighted by Crippen LogP contribution is -2.45. The second-order valence-corrected chi connectivity index (χ2v) is 6.19. The second-order valence-electron chi connectivity index (χ2n) is 5.13. The molecule has 1 aromatic carbocycles. The molecule has 2 heterocycles. The average Bonchev–Trinajstić information content (AvgIpc) is 3.11. The van der Waals surface area contributed by atoms with E-state index in [1.54, 1.807) is 24.3 Å². The van der Waals surface area contributed by atoms with Crippen LogP contribution in [0.2, 0.25) is 0 Å². The molecule has 9 heteroatoms. The van der Waals surface area contributed by atoms with Gasteiger partial charge in [0.05, 0.1) is 11.1 Å². The monoisotopic (exact) mass is 346 g/mol. The number of methoxy groups -OCH3 is 1. The average molecular weight is 346 g/mol. The van der Waals surface area contributed by atoms with Crippen molar-refractivity contribution < 1.29 is 19.1 Å². The fraction of sp³-hybridized carbons (Fsp3) is 0.267. The molecule has 1 aromatic heterocycles. The number of nitrogens with zero attached hydrogens (tertiary/aromatic N) is 3. The number of ether oxygens (including phenoxy) is 1. The van der Waals surface area contributed by atoms with Gasteiger partial charge in [0.15, 0.2) is 0 Å². The molecule has 0 radical (unpaired) electrons. The minimum Gasteiger partial charge on any atom is -0.377 e. The molecule has 0 aliphatic carbocycles. The van der Waals surface area contributed by atoms with E-state index < -0.39 is 23.8 Å². The van der Waals surface area contributed by atoms with Crippen molar-refractivity contribution >= 4 is 34.2 Å². The first kappa shape index (κ1) is 16.2. The summed E-state index contributed by atoms with van der Waals surface area (Å²) in [5.74, 6) is -1.46. The lowest BCUT2D eigenvalue weighted by Gasteiger charge is -2.20. The van der Waals surface area contributed by atoms with Crippen LogP contribution in [0.15, 0.2) is 24.3 Å². The van der Waals surface area contributed by atoms with E-state index in [4.69, 9.17) is 4.74 Å². The quantitative estimate of drug-likeness (QED) is 0.819. The van der Waals surface area contributed by atoms with Gasteiger partial charge in [-0.15, -0.1) is 10.2 Å². The van der Waals surface area contributed by atoms with Gasteiger partial charge in [0.2, 0.25) is 11.0 Å². The van der Waals surface area contributed by atoms with Crippen molar-refractivity contribution in [1.29, 1.82) is 0 Å². The van der Waals surface area contributed by atoms with E-state index in [-0.39, 0.29) is 5.13 Å². The van der Waals surface area contributed by atoms with Gasteiger partial charge in [0.1, 0.15) is 17.7 Å². The normalized spacial score (nSPS) is 14.7. The molecule has 0 fully saturated rings. The molecule has 1 unspecified atom stereocenters. The van der Waals surface area contributed by atoms with Gasteiger partial charge in [-0.1, -0.05) is 23.5 Å². The third-order valence-corrected chi connectivity index (χ3v) is 4.37. The highest BCUT2D eigenvalue weighted by atomic mass is 32.1. The number of amides is 3. The molecule has 1 N–H and O–H groups in total. The number of rotatable bonds is 5. The van der Waals surface area contributed by atoms with Gasteiger partial charge >= 0.3 is 0 Å². The molecular weight excluding hydrogens is 332 g/mol. The van der Waals surface area contributed by atoms with Crippen LogP contribution in [-0.2, 0) is 16.1 Å². The lowest BCUT2D eigenvalue weighted by molar-refractivity contribution is -0.119. The fourth-order valence-corrected chi connectivity index (χ4v) is 3.09. The maximum absolute atomic E-state index is 12.4. The van der Waals surface area contributed by atoms with E-state index in [2.05, 4.69) is 15.5 Å². The van der Waals surface area contributed by atoms with Crippen molar-refractivity contribution in [2.45, 2.75) is 19.6 Å². The van der Waals surface area contributed by atoms with Crippen molar-refractivity contribution in [3.63, 3.8) is 0 Å². The largest absolute Gasteiger partial charge is 0.377 e. The number of carbonyl (C=O) groups excluding carboxylic acids is 3. The predicted molar refractivity (Wildman–Crippen MR) is 85.7 cm³/mol. The molecular formula is C15H14N4O4S. The summed E-state index contributed by atoms with van der Waals surface area (Å²) >= 11 is 1.17. The van der Waals surface area contributed by atoms with Crippen LogP contribution in [0, 0.1) is 0 Å². The molecule has 0 spiro atoms. The molecule has 3 amide bonds. The first-order valence-electron chi connectivity index (χ1n) is 7.12. The molecule has 1 aliphatic heterocycles. The van der Waals surface area contributed by atoms with Crippen molar-refractivity contribution in [3.05, 3.63) is 40.4 Å². The second kappa shape index (κ2) is 6.46. The summed E-state index contributed by atoms with van der Waals surface area (Å²) in [5.41, 5.74) is 0.612. The summed E-state index contributed by atoms with van der Waals surface area (Å²) in [6.45, 7) is 1.79. The molecule has 0 saturated heterocycles. The predicted octanol–water partition coefficient (Wildman–Crippen LogP) is 1.31. The third-order valence-electron chi connectivity index (χ3n) is 3.56. The van der Waals surface area contributed by atoms with E-state index >= 15 is 0 Å². The minimum atomic E-state index is -0.966. The van der Waals surface area contributed by atoms with Gasteiger partial charge in [-0.3, -0.25) is 24.6 Å². The van der Waals surface area contributed by atoms with E-state index in [1.807, 2.05) is 0 Å². The van der Waals surface area contributed by atoms with E-state index in [9.17, 15) is 14.4 Å². The first-order valence-corrected chi connectivity index (χ1v) is 7.93. The van der Waals surface area contributed by atoms with E-state index in [0.29, 0.717) is 22.7 Å². The summed E-state index contributed by atoms with van der Waals surface area (Å²) in [6.07, 6.45) is 0. The van der Waals surface area contributed by atoms with Crippen LogP contribution in [-0.4, -0.2) is 46.0 Å². The number of anilines is 1. The molecule has 1 atom stereocenters. The zero-order chi connectivity index (χ0) is 17.3. The summed E-state index contributed by atoms with van der Waals surface area (Å²) in [7, 11) is 1.53. The summed E-state index contributed by atoms with van der Waals surface area (Å²) in [6, 6.07) is 5.53. The highest BCUT2D eigenvalue weighted by Crippen LogP contribution is 2.25. The maximum atomic E-state index is 12.4. The molecule has 1 aliphatic rings. The smallest absolute Gasteiger partial charge is 0.262 e. The lowest BCUT2D eigenvalue weighted by atomic mass is 10.1. The molecule has 3 rings (SSSR count). The van der Waals surface area contributed by atoms with Crippen molar-refractivity contribution in [2.24, 2.45) is 0 Å². The summed E-state index contributed by atoms with van der Waals surface area (Å²) in [4.78, 5) is 38.1. The fourth-order valence-electron chi connectivity index (χ4n) is 2.37. The van der Waals surface area contributed by atoms with Crippen LogP contribution in [0.25, 0.3) is 0 Å². The topological polar surface area (TPSA) is 101 Å². The first-order chi connectivity index (χ1) is 11.5. The molecule has 8 nitrogen and oxygen atoms in total. The van der Waals surface area contributed by atoms with Crippen molar-refractivity contribution in [3.8, 4) is 0 Å². The van der Waals surface area contributed by atoms with Gasteiger partial charge in [0.25, 0.3) is 11.8 Å². The Bertz CT molecular complexity index is 784. The number of hydrogen-bond acceptors (Lipinski definition) is 7. The Morgan fingerprint density at radius 2 is 1.88 bits per heavy atom. The standard InChI is InChI=1S/C15H14N4O4S/c1-8(12(20)16-15-18-17-11(24-15)7-23-2)19-13(21)9-5-3-4-6-10(9)14(19)22/h3-6,8H,7H2,1-2H3,(H,16,18,20). The molecule has 24 heavy (non-hydrogen) atoms. The highest BCUT2D eigenvalue weighted by Gasteiger charge is 2.40. The van der Waals surface area contributed by atoms with Gasteiger partial charge in [-0.25, -0.2) is 0 Å². The Kier molecular flexibility index (Phi) is 4.36. The van der Waals surface area contributed by atoms with Gasteiger partial charge in [0, 0.05) is 7.11 Å².